The van der Waals surface area contributed by atoms with Crippen molar-refractivity contribution in [2.75, 3.05) is 17.1 Å². The Morgan fingerprint density at radius 3 is 2.17 bits per heavy atom. The van der Waals surface area contributed by atoms with Crippen LogP contribution in [-0.4, -0.2) is 49.5 Å². The van der Waals surface area contributed by atoms with Gasteiger partial charge in [-0.3, -0.25) is 13.9 Å². The molecule has 0 radical (unpaired) electrons. The van der Waals surface area contributed by atoms with Crippen molar-refractivity contribution in [2.24, 2.45) is 0 Å². The van der Waals surface area contributed by atoms with Crippen LogP contribution in [-0.2, 0) is 26.2 Å². The number of aryl methyl sites for hydroxylation is 2. The highest BCUT2D eigenvalue weighted by Crippen LogP contribution is 2.20. The molecule has 2 aromatic carbocycles. The molecule has 0 aliphatic carbocycles. The van der Waals surface area contributed by atoms with Gasteiger partial charge in [0.15, 0.2) is 0 Å². The summed E-state index contributed by atoms with van der Waals surface area (Å²) in [4.78, 5) is 27.8. The Balaban J connectivity index is 2.18. The largest absolute Gasteiger partial charge is 0.350 e. The number of benzene rings is 2. The van der Waals surface area contributed by atoms with E-state index in [1.165, 1.54) is 10.6 Å². The van der Waals surface area contributed by atoms with Crippen molar-refractivity contribution >= 4 is 27.5 Å². The highest BCUT2D eigenvalue weighted by Gasteiger charge is 2.28. The first-order valence-corrected chi connectivity index (χ1v) is 13.7. The molecule has 2 aromatic rings. The highest BCUT2D eigenvalue weighted by molar-refractivity contribution is 7.92. The van der Waals surface area contributed by atoms with Crippen LogP contribution in [0.1, 0.15) is 57.2 Å². The van der Waals surface area contributed by atoms with Crippen molar-refractivity contribution in [3.63, 3.8) is 0 Å². The number of carbonyl (C=O) groups is 2. The number of nitrogens with one attached hydrogen (secondary N) is 1. The molecule has 0 fully saturated rings. The zero-order chi connectivity index (χ0) is 26.4. The lowest BCUT2D eigenvalue weighted by Gasteiger charge is -2.32. The SMILES string of the molecule is Cc1ccc(CN(C(=O)CCCN(c2cccc(C)c2)S(C)(=O)=O)C(C)C(=O)NC(C)(C)C)cc1. The lowest BCUT2D eigenvalue weighted by molar-refractivity contribution is -0.141. The maximum atomic E-state index is 13.3. The van der Waals surface area contributed by atoms with Gasteiger partial charge in [0.1, 0.15) is 6.04 Å². The van der Waals surface area contributed by atoms with Crippen molar-refractivity contribution in [3.05, 3.63) is 65.2 Å². The van der Waals surface area contributed by atoms with Gasteiger partial charge in [0.05, 0.1) is 11.9 Å². The van der Waals surface area contributed by atoms with E-state index in [9.17, 15) is 18.0 Å². The Labute approximate surface area is 210 Å². The van der Waals surface area contributed by atoms with Crippen LogP contribution < -0.4 is 9.62 Å². The van der Waals surface area contributed by atoms with Gasteiger partial charge in [0.25, 0.3) is 0 Å². The van der Waals surface area contributed by atoms with Crippen LogP contribution >= 0.6 is 0 Å². The lowest BCUT2D eigenvalue weighted by atomic mass is 10.1. The predicted octanol–water partition coefficient (Wildman–Crippen LogP) is 4.18. The van der Waals surface area contributed by atoms with Crippen LogP contribution in [0.15, 0.2) is 48.5 Å². The smallest absolute Gasteiger partial charge is 0.242 e. The molecule has 35 heavy (non-hydrogen) atoms. The summed E-state index contributed by atoms with van der Waals surface area (Å²) in [6.07, 6.45) is 1.62. The summed E-state index contributed by atoms with van der Waals surface area (Å²) in [6, 6.07) is 14.5. The van der Waals surface area contributed by atoms with E-state index in [-0.39, 0.29) is 24.8 Å². The number of hydrogen-bond acceptors (Lipinski definition) is 4. The van der Waals surface area contributed by atoms with Crippen LogP contribution in [0.4, 0.5) is 5.69 Å². The van der Waals surface area contributed by atoms with E-state index < -0.39 is 21.6 Å². The Morgan fingerprint density at radius 1 is 1.00 bits per heavy atom. The van der Waals surface area contributed by atoms with Crippen LogP contribution in [0.3, 0.4) is 0 Å². The monoisotopic (exact) mass is 501 g/mol. The number of sulfonamides is 1. The first kappa shape index (κ1) is 28.4. The number of anilines is 1. The summed E-state index contributed by atoms with van der Waals surface area (Å²) in [7, 11) is -3.51. The fraction of sp³-hybridized carbons (Fsp3) is 0.481. The third kappa shape index (κ3) is 9.02. The van der Waals surface area contributed by atoms with Gasteiger partial charge in [-0.15, -0.1) is 0 Å². The van der Waals surface area contributed by atoms with Crippen molar-refractivity contribution in [2.45, 2.75) is 72.5 Å². The number of hydrogen-bond donors (Lipinski definition) is 1. The molecule has 7 nitrogen and oxygen atoms in total. The van der Waals surface area contributed by atoms with Crippen LogP contribution in [0.5, 0.6) is 0 Å². The zero-order valence-corrected chi connectivity index (χ0v) is 22.8. The molecule has 2 rings (SSSR count). The van der Waals surface area contributed by atoms with Gasteiger partial charge in [0.2, 0.25) is 21.8 Å². The Bertz CT molecular complexity index is 1120. The minimum Gasteiger partial charge on any atom is -0.350 e. The van der Waals surface area contributed by atoms with Gasteiger partial charge in [-0.25, -0.2) is 8.42 Å². The molecule has 0 bridgehead atoms. The Hall–Kier alpha value is -2.87. The van der Waals surface area contributed by atoms with Crippen molar-refractivity contribution < 1.29 is 18.0 Å². The average molecular weight is 502 g/mol. The maximum Gasteiger partial charge on any atom is 0.242 e. The predicted molar refractivity (Wildman–Crippen MR) is 142 cm³/mol. The third-order valence-electron chi connectivity index (χ3n) is 5.58. The first-order chi connectivity index (χ1) is 16.2. The van der Waals surface area contributed by atoms with E-state index in [1.54, 1.807) is 17.9 Å². The second-order valence-corrected chi connectivity index (χ2v) is 12.1. The number of rotatable bonds is 10. The minimum absolute atomic E-state index is 0.122. The summed E-state index contributed by atoms with van der Waals surface area (Å²) >= 11 is 0. The molecule has 0 spiro atoms. The van der Waals surface area contributed by atoms with E-state index in [0.29, 0.717) is 18.7 Å². The maximum absolute atomic E-state index is 13.3. The van der Waals surface area contributed by atoms with Gasteiger partial charge in [-0.05, 0) is 71.2 Å². The molecule has 1 unspecified atom stereocenters. The van der Waals surface area contributed by atoms with Gasteiger partial charge in [-0.1, -0.05) is 42.0 Å². The van der Waals surface area contributed by atoms with Gasteiger partial charge in [0, 0.05) is 25.0 Å². The summed E-state index contributed by atoms with van der Waals surface area (Å²) in [6.45, 7) is 11.8. The second kappa shape index (κ2) is 11.7. The standard InChI is InChI=1S/C27H39N3O4S/c1-20-13-15-23(16-14-20)19-29(22(3)26(32)28-27(4,5)6)25(31)12-9-17-30(35(7,33)34)24-11-8-10-21(2)18-24/h8,10-11,13-16,18,22H,9,12,17,19H2,1-7H3,(H,28,32). The summed E-state index contributed by atoms with van der Waals surface area (Å²) in [5.74, 6) is -0.421. The molecule has 0 saturated carbocycles. The lowest BCUT2D eigenvalue weighted by Crippen LogP contribution is -2.52. The molecule has 0 aliphatic rings. The normalized spacial score (nSPS) is 12.7. The number of nitrogens with zero attached hydrogens (tertiary/aromatic N) is 2. The van der Waals surface area contributed by atoms with Crippen LogP contribution in [0.25, 0.3) is 0 Å². The zero-order valence-electron chi connectivity index (χ0n) is 22.0. The molecular weight excluding hydrogens is 462 g/mol. The Morgan fingerprint density at radius 2 is 1.63 bits per heavy atom. The van der Waals surface area contributed by atoms with E-state index in [4.69, 9.17) is 0 Å². The topological polar surface area (TPSA) is 86.8 Å². The average Bonchev–Trinajstić information content (AvgIpc) is 2.73. The van der Waals surface area contributed by atoms with Crippen molar-refractivity contribution in [1.82, 2.24) is 10.2 Å². The van der Waals surface area contributed by atoms with E-state index in [2.05, 4.69) is 5.32 Å². The second-order valence-electron chi connectivity index (χ2n) is 10.2. The Kier molecular flexibility index (Phi) is 9.49. The van der Waals surface area contributed by atoms with Crippen LogP contribution in [0.2, 0.25) is 0 Å². The van der Waals surface area contributed by atoms with E-state index in [1.807, 2.05) is 77.1 Å². The molecule has 0 saturated heterocycles. The quantitative estimate of drug-likeness (QED) is 0.529. The minimum atomic E-state index is -3.51. The summed E-state index contributed by atoms with van der Waals surface area (Å²) in [5, 5.41) is 2.95. The number of amides is 2. The van der Waals surface area contributed by atoms with Gasteiger partial charge < -0.3 is 10.2 Å². The van der Waals surface area contributed by atoms with Crippen molar-refractivity contribution in [1.29, 1.82) is 0 Å². The molecule has 2 amide bonds. The molecule has 1 atom stereocenters. The van der Waals surface area contributed by atoms with Gasteiger partial charge >= 0.3 is 0 Å². The van der Waals surface area contributed by atoms with Crippen molar-refractivity contribution in [3.8, 4) is 0 Å². The molecule has 0 heterocycles. The molecule has 1 N–H and O–H groups in total. The molecular formula is C27H39N3O4S. The summed E-state index contributed by atoms with van der Waals surface area (Å²) in [5.41, 5.74) is 3.15. The molecule has 192 valence electrons. The molecule has 0 aliphatic heterocycles. The van der Waals surface area contributed by atoms with Crippen LogP contribution in [0, 0.1) is 13.8 Å². The third-order valence-corrected chi connectivity index (χ3v) is 6.77. The van der Waals surface area contributed by atoms with Gasteiger partial charge in [-0.2, -0.15) is 0 Å². The van der Waals surface area contributed by atoms with E-state index in [0.717, 1.165) is 16.7 Å². The fourth-order valence-corrected chi connectivity index (χ4v) is 4.69. The first-order valence-electron chi connectivity index (χ1n) is 11.9. The molecule has 0 aromatic heterocycles. The fourth-order valence-electron chi connectivity index (χ4n) is 3.73. The number of carbonyl (C=O) groups excluding carboxylic acids is 2. The van der Waals surface area contributed by atoms with E-state index >= 15 is 0 Å². The molecule has 8 heteroatoms. The summed E-state index contributed by atoms with van der Waals surface area (Å²) < 4.78 is 26.2. The highest BCUT2D eigenvalue weighted by atomic mass is 32.2.